The highest BCUT2D eigenvalue weighted by Crippen LogP contribution is 2.46. The first-order valence-electron chi connectivity index (χ1n) is 9.52. The van der Waals surface area contributed by atoms with Crippen LogP contribution in [-0.4, -0.2) is 34.3 Å². The van der Waals surface area contributed by atoms with Gasteiger partial charge in [0.25, 0.3) is 0 Å². The predicted octanol–water partition coefficient (Wildman–Crippen LogP) is 3.76. The van der Waals surface area contributed by atoms with Gasteiger partial charge in [-0.2, -0.15) is 0 Å². The van der Waals surface area contributed by atoms with Gasteiger partial charge in [-0.05, 0) is 43.2 Å². The number of nitrogens with two attached hydrogens (primary N) is 2. The van der Waals surface area contributed by atoms with Crippen LogP contribution < -0.4 is 21.8 Å². The van der Waals surface area contributed by atoms with Crippen molar-refractivity contribution in [3.63, 3.8) is 0 Å². The van der Waals surface area contributed by atoms with Crippen molar-refractivity contribution >= 4 is 40.7 Å². The van der Waals surface area contributed by atoms with E-state index < -0.39 is 0 Å². The minimum Gasteiger partial charge on any atom is -0.381 e. The summed E-state index contributed by atoms with van der Waals surface area (Å²) in [6.07, 6.45) is 7.61. The van der Waals surface area contributed by atoms with Gasteiger partial charge in [0.15, 0.2) is 5.82 Å². The van der Waals surface area contributed by atoms with E-state index in [4.69, 9.17) is 28.3 Å². The van der Waals surface area contributed by atoms with Gasteiger partial charge in [0.2, 0.25) is 0 Å². The minimum atomic E-state index is 0.313. The number of hydrogen-bond acceptors (Lipinski definition) is 8. The summed E-state index contributed by atoms with van der Waals surface area (Å²) >= 11 is 7.61. The maximum atomic E-state index is 9.13. The molecule has 0 amide bonds. The van der Waals surface area contributed by atoms with Gasteiger partial charge < -0.3 is 16.4 Å². The maximum Gasteiger partial charge on any atom is 0.158 e. The van der Waals surface area contributed by atoms with Crippen molar-refractivity contribution in [2.75, 3.05) is 29.2 Å². The molecule has 1 spiro atoms. The first-order chi connectivity index (χ1) is 13.5. The normalized spacial score (nSPS) is 21.2. The summed E-state index contributed by atoms with van der Waals surface area (Å²) in [5.41, 5.74) is 15.4. The molecule has 0 radical (unpaired) electrons. The number of anilines is 3. The van der Waals surface area contributed by atoms with Crippen molar-refractivity contribution in [2.24, 2.45) is 11.1 Å². The SMILES string of the molecule is Nc1nc(N2CCC3(CCCC3N)CC2)cnc1Sc1cccc(NO)c1Cl. The summed E-state index contributed by atoms with van der Waals surface area (Å²) in [7, 11) is 0. The lowest BCUT2D eigenvalue weighted by atomic mass is 9.74. The average Bonchev–Trinajstić information content (AvgIpc) is 3.05. The monoisotopic (exact) mass is 420 g/mol. The van der Waals surface area contributed by atoms with E-state index in [1.165, 1.54) is 24.6 Å². The first-order valence-corrected chi connectivity index (χ1v) is 10.7. The van der Waals surface area contributed by atoms with Crippen LogP contribution >= 0.6 is 23.4 Å². The standard InChI is InChI=1S/C19H25ClN6OS/c20-16-12(25-27)3-1-4-13(16)28-18-17(22)24-15(11-23-18)26-9-7-19(8-10-26)6-2-5-14(19)21/h1,3-4,11,14,25,27H,2,5-10,21H2,(H2,22,24). The Balaban J connectivity index is 1.47. The van der Waals surface area contributed by atoms with Crippen molar-refractivity contribution < 1.29 is 5.21 Å². The molecule has 1 atom stereocenters. The lowest BCUT2D eigenvalue weighted by molar-refractivity contribution is 0.197. The molecule has 6 N–H and O–H groups in total. The van der Waals surface area contributed by atoms with Gasteiger partial charge in [0.1, 0.15) is 10.8 Å². The quantitative estimate of drug-likeness (QED) is 0.553. The zero-order valence-corrected chi connectivity index (χ0v) is 17.1. The number of rotatable bonds is 4. The number of aromatic nitrogens is 2. The van der Waals surface area contributed by atoms with E-state index in [9.17, 15) is 0 Å². The zero-order valence-electron chi connectivity index (χ0n) is 15.6. The van der Waals surface area contributed by atoms with Gasteiger partial charge in [-0.3, -0.25) is 10.7 Å². The van der Waals surface area contributed by atoms with Crippen LogP contribution in [0.4, 0.5) is 17.3 Å². The number of piperidine rings is 1. The highest BCUT2D eigenvalue weighted by molar-refractivity contribution is 7.99. The van der Waals surface area contributed by atoms with Crippen LogP contribution in [0.25, 0.3) is 0 Å². The van der Waals surface area contributed by atoms with Crippen molar-refractivity contribution in [2.45, 2.75) is 48.1 Å². The van der Waals surface area contributed by atoms with Crippen LogP contribution in [-0.2, 0) is 0 Å². The number of nitrogen functional groups attached to an aromatic ring is 1. The Bertz CT molecular complexity index is 858. The molecular formula is C19H25ClN6OS. The summed E-state index contributed by atoms with van der Waals surface area (Å²) in [6, 6.07) is 5.66. The molecule has 4 rings (SSSR count). The molecule has 1 saturated heterocycles. The number of nitrogens with one attached hydrogen (secondary N) is 1. The fraction of sp³-hybridized carbons (Fsp3) is 0.474. The van der Waals surface area contributed by atoms with Gasteiger partial charge in [-0.25, -0.2) is 9.97 Å². The van der Waals surface area contributed by atoms with Crippen molar-refractivity contribution in [1.82, 2.24) is 9.97 Å². The highest BCUT2D eigenvalue weighted by Gasteiger charge is 2.43. The second-order valence-electron chi connectivity index (χ2n) is 7.60. The van der Waals surface area contributed by atoms with Gasteiger partial charge in [0.05, 0.1) is 16.9 Å². The van der Waals surface area contributed by atoms with Crippen molar-refractivity contribution in [1.29, 1.82) is 0 Å². The Kier molecular flexibility index (Phi) is 5.55. The molecule has 1 aromatic carbocycles. The van der Waals surface area contributed by atoms with Gasteiger partial charge >= 0.3 is 0 Å². The molecule has 1 saturated carbocycles. The summed E-state index contributed by atoms with van der Waals surface area (Å²) < 4.78 is 0. The topological polar surface area (TPSA) is 113 Å². The van der Waals surface area contributed by atoms with Gasteiger partial charge in [0, 0.05) is 24.0 Å². The number of hydrogen-bond donors (Lipinski definition) is 4. The Labute approximate surface area is 173 Å². The van der Waals surface area contributed by atoms with Crippen molar-refractivity contribution in [3.8, 4) is 0 Å². The largest absolute Gasteiger partial charge is 0.381 e. The second kappa shape index (κ2) is 7.94. The fourth-order valence-corrected chi connectivity index (χ4v) is 5.46. The fourth-order valence-electron chi connectivity index (χ4n) is 4.36. The lowest BCUT2D eigenvalue weighted by Gasteiger charge is -2.42. The molecule has 9 heteroatoms. The van der Waals surface area contributed by atoms with E-state index >= 15 is 0 Å². The Morgan fingerprint density at radius 2 is 2.07 bits per heavy atom. The van der Waals surface area contributed by atoms with Crippen LogP contribution in [0.2, 0.25) is 5.02 Å². The van der Waals surface area contributed by atoms with Crippen molar-refractivity contribution in [3.05, 3.63) is 29.4 Å². The predicted molar refractivity (Wildman–Crippen MR) is 113 cm³/mol. The zero-order chi connectivity index (χ0) is 19.7. The molecule has 2 aromatic rings. The van der Waals surface area contributed by atoms with E-state index in [-0.39, 0.29) is 0 Å². The molecule has 1 aliphatic carbocycles. The average molecular weight is 421 g/mol. The van der Waals surface area contributed by atoms with Crippen LogP contribution in [0.15, 0.2) is 34.3 Å². The maximum absolute atomic E-state index is 9.13. The van der Waals surface area contributed by atoms with Gasteiger partial charge in [-0.1, -0.05) is 35.9 Å². The van der Waals surface area contributed by atoms with E-state index in [1.54, 1.807) is 18.3 Å². The van der Waals surface area contributed by atoms with Gasteiger partial charge in [-0.15, -0.1) is 0 Å². The molecule has 1 unspecified atom stereocenters. The Morgan fingerprint density at radius 3 is 2.71 bits per heavy atom. The first kappa shape index (κ1) is 19.6. The second-order valence-corrected chi connectivity index (χ2v) is 9.01. The minimum absolute atomic E-state index is 0.313. The van der Waals surface area contributed by atoms with E-state index in [0.29, 0.717) is 33.0 Å². The number of nitrogens with zero attached hydrogens (tertiary/aromatic N) is 3. The molecule has 28 heavy (non-hydrogen) atoms. The van der Waals surface area contributed by atoms with Crippen LogP contribution in [0.3, 0.4) is 0 Å². The van der Waals surface area contributed by atoms with Crippen LogP contribution in [0.5, 0.6) is 0 Å². The summed E-state index contributed by atoms with van der Waals surface area (Å²) in [6.45, 7) is 1.87. The summed E-state index contributed by atoms with van der Waals surface area (Å²) in [5.74, 6) is 1.18. The van der Waals surface area contributed by atoms with E-state index in [1.807, 2.05) is 6.07 Å². The molecule has 1 aliphatic heterocycles. The molecule has 150 valence electrons. The third kappa shape index (κ3) is 3.61. The molecule has 1 aromatic heterocycles. The molecule has 7 nitrogen and oxygen atoms in total. The lowest BCUT2D eigenvalue weighted by Crippen LogP contribution is -2.47. The smallest absolute Gasteiger partial charge is 0.158 e. The highest BCUT2D eigenvalue weighted by atomic mass is 35.5. The summed E-state index contributed by atoms with van der Waals surface area (Å²) in [4.78, 5) is 12.1. The number of benzene rings is 1. The molecule has 0 bridgehead atoms. The molecule has 2 aliphatic rings. The Hall–Kier alpha value is -1.74. The third-order valence-corrected chi connectivity index (χ3v) is 7.69. The van der Waals surface area contributed by atoms with E-state index in [0.717, 1.165) is 43.1 Å². The number of halogens is 1. The molecule has 2 heterocycles. The molecule has 2 fully saturated rings. The molecular weight excluding hydrogens is 396 g/mol. The van der Waals surface area contributed by atoms with Crippen LogP contribution in [0, 0.1) is 5.41 Å². The Morgan fingerprint density at radius 1 is 1.29 bits per heavy atom. The summed E-state index contributed by atoms with van der Waals surface area (Å²) in [5, 5.41) is 10.1. The third-order valence-electron chi connectivity index (χ3n) is 6.10. The van der Waals surface area contributed by atoms with E-state index in [2.05, 4.69) is 20.3 Å². The van der Waals surface area contributed by atoms with Crippen LogP contribution in [0.1, 0.15) is 32.1 Å².